The molecule has 0 fully saturated rings. The number of aromatic amines is 1. The number of benzene rings is 2. The van der Waals surface area contributed by atoms with Crippen LogP contribution in [0.5, 0.6) is 0 Å². The van der Waals surface area contributed by atoms with Crippen molar-refractivity contribution in [2.75, 3.05) is 0 Å². The van der Waals surface area contributed by atoms with Crippen molar-refractivity contribution in [3.05, 3.63) is 60.3 Å². The van der Waals surface area contributed by atoms with Gasteiger partial charge >= 0.3 is 0 Å². The summed E-state index contributed by atoms with van der Waals surface area (Å²) in [5.41, 5.74) is 14.0. The molecule has 0 aliphatic rings. The lowest BCUT2D eigenvalue weighted by molar-refractivity contribution is 0.100. The molecule has 0 saturated heterocycles. The quantitative estimate of drug-likeness (QED) is 0.495. The van der Waals surface area contributed by atoms with Crippen LogP contribution in [-0.4, -0.2) is 16.9 Å². The highest BCUT2D eigenvalue weighted by atomic mass is 16.1. The number of H-pyrrole nitrogens is 1. The molecule has 0 radical (unpaired) electrons. The van der Waals surface area contributed by atoms with Gasteiger partial charge in [0.1, 0.15) is 0 Å². The lowest BCUT2D eigenvalue weighted by atomic mass is 10.00. The summed E-state index contributed by atoms with van der Waals surface area (Å²) in [6.07, 6.45) is 1.89. The van der Waals surface area contributed by atoms with Crippen molar-refractivity contribution in [2.45, 2.75) is 0 Å². The second kappa shape index (κ2) is 5.13. The van der Waals surface area contributed by atoms with E-state index in [-0.39, 0.29) is 5.96 Å². The van der Waals surface area contributed by atoms with E-state index in [0.717, 1.165) is 22.0 Å². The first kappa shape index (κ1) is 12.9. The zero-order valence-corrected chi connectivity index (χ0v) is 11.2. The van der Waals surface area contributed by atoms with Crippen LogP contribution in [0.15, 0.2) is 59.7 Å². The molecular weight excluding hydrogens is 264 g/mol. The minimum atomic E-state index is -0.446. The molecule has 0 saturated carbocycles. The largest absolute Gasteiger partial charge is 0.370 e. The minimum Gasteiger partial charge on any atom is -0.370 e. The Balaban J connectivity index is 2.10. The molecule has 0 aliphatic carbocycles. The van der Waals surface area contributed by atoms with Gasteiger partial charge < -0.3 is 16.5 Å². The van der Waals surface area contributed by atoms with E-state index in [1.54, 1.807) is 12.1 Å². The summed E-state index contributed by atoms with van der Waals surface area (Å²) in [6, 6.07) is 15.2. The highest BCUT2D eigenvalue weighted by Gasteiger charge is 2.08. The van der Waals surface area contributed by atoms with Crippen LogP contribution < -0.4 is 11.5 Å². The van der Waals surface area contributed by atoms with Crippen LogP contribution in [0.1, 0.15) is 10.4 Å². The lowest BCUT2D eigenvalue weighted by Crippen LogP contribution is -2.24. The molecule has 1 amide bonds. The Hall–Kier alpha value is -3.08. The summed E-state index contributed by atoms with van der Waals surface area (Å²) in [7, 11) is 0. The molecular formula is C16H14N4O. The first-order valence-electron chi connectivity index (χ1n) is 6.45. The molecule has 0 aliphatic heterocycles. The summed E-state index contributed by atoms with van der Waals surface area (Å²) in [4.78, 5) is 18.6. The topological polar surface area (TPSA) is 97.3 Å². The number of aromatic nitrogens is 1. The van der Waals surface area contributed by atoms with Crippen LogP contribution in [0.3, 0.4) is 0 Å². The van der Waals surface area contributed by atoms with E-state index in [2.05, 4.69) is 9.98 Å². The molecule has 1 aromatic heterocycles. The van der Waals surface area contributed by atoms with Crippen molar-refractivity contribution in [1.82, 2.24) is 4.98 Å². The van der Waals surface area contributed by atoms with Gasteiger partial charge in [-0.05, 0) is 35.4 Å². The maximum Gasteiger partial charge on any atom is 0.280 e. The van der Waals surface area contributed by atoms with E-state index in [4.69, 9.17) is 11.5 Å². The lowest BCUT2D eigenvalue weighted by Gasteiger charge is -2.05. The predicted octanol–water partition coefficient (Wildman–Crippen LogP) is 2.25. The summed E-state index contributed by atoms with van der Waals surface area (Å²) in [5, 5.41) is 1.10. The number of aliphatic imine (C=N–C) groups is 1. The van der Waals surface area contributed by atoms with Crippen LogP contribution in [0, 0.1) is 0 Å². The standard InChI is InChI=1S/C16H14N4O/c17-16(18)20-15(21)11-4-1-3-10(9-11)12-5-2-6-14-13(12)7-8-19-14/h1-9,19H,(H4,17,18,20,21). The van der Waals surface area contributed by atoms with Crippen molar-refractivity contribution >= 4 is 22.8 Å². The first-order chi connectivity index (χ1) is 10.1. The minimum absolute atomic E-state index is 0.238. The molecule has 0 atom stereocenters. The summed E-state index contributed by atoms with van der Waals surface area (Å²) in [5.74, 6) is -0.684. The fraction of sp³-hybridized carbons (Fsp3) is 0. The average molecular weight is 278 g/mol. The Morgan fingerprint density at radius 2 is 1.86 bits per heavy atom. The van der Waals surface area contributed by atoms with Gasteiger partial charge in [-0.2, -0.15) is 4.99 Å². The van der Waals surface area contributed by atoms with Crippen LogP contribution in [0.4, 0.5) is 0 Å². The molecule has 3 aromatic rings. The normalized spacial score (nSPS) is 10.5. The van der Waals surface area contributed by atoms with Crippen LogP contribution >= 0.6 is 0 Å². The number of nitrogens with zero attached hydrogens (tertiary/aromatic N) is 1. The van der Waals surface area contributed by atoms with Gasteiger partial charge in [-0.3, -0.25) is 4.79 Å². The number of amides is 1. The number of hydrogen-bond donors (Lipinski definition) is 3. The fourth-order valence-corrected chi connectivity index (χ4v) is 2.34. The molecule has 1 heterocycles. The number of hydrogen-bond acceptors (Lipinski definition) is 1. The van der Waals surface area contributed by atoms with Gasteiger partial charge in [0.25, 0.3) is 5.91 Å². The second-order valence-corrected chi connectivity index (χ2v) is 4.67. The second-order valence-electron chi connectivity index (χ2n) is 4.67. The summed E-state index contributed by atoms with van der Waals surface area (Å²) >= 11 is 0. The van der Waals surface area contributed by atoms with Gasteiger partial charge in [-0.1, -0.05) is 24.3 Å². The highest BCUT2D eigenvalue weighted by molar-refractivity contribution is 6.03. The molecule has 0 spiro atoms. The number of nitrogens with two attached hydrogens (primary N) is 2. The van der Waals surface area contributed by atoms with Gasteiger partial charge in [-0.15, -0.1) is 0 Å². The fourth-order valence-electron chi connectivity index (χ4n) is 2.34. The number of fused-ring (bicyclic) bond motifs is 1. The van der Waals surface area contributed by atoms with Crippen LogP contribution in [-0.2, 0) is 0 Å². The van der Waals surface area contributed by atoms with Crippen LogP contribution in [0.2, 0.25) is 0 Å². The maximum atomic E-state index is 11.9. The van der Waals surface area contributed by atoms with Gasteiger partial charge in [0.15, 0.2) is 5.96 Å². The van der Waals surface area contributed by atoms with E-state index in [0.29, 0.717) is 5.56 Å². The molecule has 104 valence electrons. The SMILES string of the molecule is NC(N)=NC(=O)c1cccc(-c2cccc3[nH]ccc23)c1. The Morgan fingerprint density at radius 3 is 2.67 bits per heavy atom. The van der Waals surface area contributed by atoms with Crippen molar-refractivity contribution in [1.29, 1.82) is 0 Å². The summed E-state index contributed by atoms with van der Waals surface area (Å²) in [6.45, 7) is 0. The van der Waals surface area contributed by atoms with E-state index < -0.39 is 5.91 Å². The molecule has 5 N–H and O–H groups in total. The Kier molecular flexibility index (Phi) is 3.16. The zero-order valence-electron chi connectivity index (χ0n) is 11.2. The van der Waals surface area contributed by atoms with Gasteiger partial charge in [0.2, 0.25) is 0 Å². The van der Waals surface area contributed by atoms with E-state index in [1.165, 1.54) is 0 Å². The number of guanidine groups is 1. The molecule has 3 rings (SSSR count). The van der Waals surface area contributed by atoms with E-state index in [1.807, 2.05) is 42.6 Å². The number of carbonyl (C=O) groups is 1. The van der Waals surface area contributed by atoms with Crippen molar-refractivity contribution in [3.63, 3.8) is 0 Å². The van der Waals surface area contributed by atoms with Crippen molar-refractivity contribution < 1.29 is 4.79 Å². The third kappa shape index (κ3) is 2.49. The third-order valence-electron chi connectivity index (χ3n) is 3.25. The number of carbonyl (C=O) groups excluding carboxylic acids is 1. The third-order valence-corrected chi connectivity index (χ3v) is 3.25. The monoisotopic (exact) mass is 278 g/mol. The predicted molar refractivity (Wildman–Crippen MR) is 83.9 cm³/mol. The first-order valence-corrected chi connectivity index (χ1v) is 6.45. The number of rotatable bonds is 2. The highest BCUT2D eigenvalue weighted by Crippen LogP contribution is 2.28. The molecule has 5 heteroatoms. The Labute approximate surface area is 121 Å². The van der Waals surface area contributed by atoms with Gasteiger partial charge in [0, 0.05) is 22.7 Å². The van der Waals surface area contributed by atoms with E-state index in [9.17, 15) is 4.79 Å². The molecule has 0 bridgehead atoms. The van der Waals surface area contributed by atoms with Gasteiger partial charge in [-0.25, -0.2) is 0 Å². The Morgan fingerprint density at radius 1 is 1.05 bits per heavy atom. The summed E-state index contributed by atoms with van der Waals surface area (Å²) < 4.78 is 0. The zero-order chi connectivity index (χ0) is 14.8. The smallest absolute Gasteiger partial charge is 0.280 e. The van der Waals surface area contributed by atoms with Gasteiger partial charge in [0.05, 0.1) is 0 Å². The molecule has 21 heavy (non-hydrogen) atoms. The van der Waals surface area contributed by atoms with Crippen molar-refractivity contribution in [3.8, 4) is 11.1 Å². The molecule has 0 unspecified atom stereocenters. The van der Waals surface area contributed by atoms with E-state index >= 15 is 0 Å². The van der Waals surface area contributed by atoms with Crippen LogP contribution in [0.25, 0.3) is 22.0 Å². The average Bonchev–Trinajstić information content (AvgIpc) is 2.95. The Bertz CT molecular complexity index is 844. The number of nitrogens with one attached hydrogen (secondary N) is 1. The van der Waals surface area contributed by atoms with Crippen molar-refractivity contribution in [2.24, 2.45) is 16.5 Å². The molecule has 5 nitrogen and oxygen atoms in total. The maximum absolute atomic E-state index is 11.9. The molecule has 2 aromatic carbocycles.